The van der Waals surface area contributed by atoms with Crippen LogP contribution in [-0.4, -0.2) is 38.3 Å². The third kappa shape index (κ3) is 3.48. The van der Waals surface area contributed by atoms with E-state index < -0.39 is 17.8 Å². The van der Waals surface area contributed by atoms with Gasteiger partial charge in [-0.1, -0.05) is 19.3 Å². The number of aryl methyl sites for hydroxylation is 1. The molecule has 2 fully saturated rings. The molecule has 0 radical (unpaired) electrons. The minimum atomic E-state index is -0.638. The minimum Gasteiger partial charge on any atom is -0.318 e. The predicted molar refractivity (Wildman–Crippen MR) is 108 cm³/mol. The van der Waals surface area contributed by atoms with E-state index in [9.17, 15) is 14.4 Å². The summed E-state index contributed by atoms with van der Waals surface area (Å²) in [5.41, 5.74) is 3.62. The summed E-state index contributed by atoms with van der Waals surface area (Å²) in [5.74, 6) is -1.14. The molecule has 7 nitrogen and oxygen atoms in total. The number of aromatic nitrogens is 2. The van der Waals surface area contributed by atoms with Crippen molar-refractivity contribution in [3.05, 3.63) is 53.1 Å². The Labute approximate surface area is 169 Å². The number of hydrogen-bond donors (Lipinski definition) is 1. The van der Waals surface area contributed by atoms with Crippen LogP contribution < -0.4 is 5.32 Å². The van der Waals surface area contributed by atoms with Gasteiger partial charge in [0.25, 0.3) is 11.8 Å². The molecule has 29 heavy (non-hydrogen) atoms. The summed E-state index contributed by atoms with van der Waals surface area (Å²) in [6, 6.07) is 4.99. The molecule has 2 aromatic heterocycles. The van der Waals surface area contributed by atoms with E-state index in [1.807, 2.05) is 36.6 Å². The monoisotopic (exact) mass is 392 g/mol. The van der Waals surface area contributed by atoms with Crippen molar-refractivity contribution in [3.8, 4) is 5.69 Å². The van der Waals surface area contributed by atoms with Gasteiger partial charge in [0.15, 0.2) is 0 Å². The summed E-state index contributed by atoms with van der Waals surface area (Å²) >= 11 is 0. The Bertz CT molecular complexity index is 1000. The molecule has 1 aliphatic carbocycles. The maximum absolute atomic E-state index is 13.1. The smallest absolute Gasteiger partial charge is 0.318 e. The molecule has 1 saturated carbocycles. The molecule has 1 saturated heterocycles. The lowest BCUT2D eigenvalue weighted by molar-refractivity contribution is -0.132. The average Bonchev–Trinajstić information content (AvgIpc) is 2.99. The van der Waals surface area contributed by atoms with Crippen molar-refractivity contribution in [1.82, 2.24) is 19.8 Å². The molecule has 2 aliphatic rings. The van der Waals surface area contributed by atoms with Crippen LogP contribution in [0.15, 0.2) is 36.2 Å². The Morgan fingerprint density at radius 1 is 1.07 bits per heavy atom. The third-order valence-electron chi connectivity index (χ3n) is 5.76. The number of carbonyl (C=O) groups is 3. The molecule has 1 aliphatic heterocycles. The van der Waals surface area contributed by atoms with E-state index in [-0.39, 0.29) is 11.6 Å². The highest BCUT2D eigenvalue weighted by molar-refractivity contribution is 6.31. The van der Waals surface area contributed by atoms with Gasteiger partial charge < -0.3 is 4.57 Å². The molecule has 3 heterocycles. The summed E-state index contributed by atoms with van der Waals surface area (Å²) in [6.07, 6.45) is 9.71. The highest BCUT2D eigenvalue weighted by atomic mass is 16.2. The maximum atomic E-state index is 13.1. The van der Waals surface area contributed by atoms with Crippen LogP contribution >= 0.6 is 0 Å². The first-order chi connectivity index (χ1) is 14.0. The lowest BCUT2D eigenvalue weighted by atomic mass is 9.93. The fraction of sp³-hybridized carbons (Fsp3) is 0.364. The number of nitrogens with one attached hydrogen (secondary N) is 1. The van der Waals surface area contributed by atoms with Gasteiger partial charge in [-0.25, -0.2) is 4.79 Å². The number of barbiturate groups is 1. The number of carbonyl (C=O) groups excluding carboxylic acids is 3. The van der Waals surface area contributed by atoms with E-state index in [1.54, 1.807) is 18.5 Å². The molecule has 0 atom stereocenters. The Morgan fingerprint density at radius 2 is 1.76 bits per heavy atom. The second kappa shape index (κ2) is 7.66. The number of rotatable bonds is 3. The zero-order chi connectivity index (χ0) is 20.5. The summed E-state index contributed by atoms with van der Waals surface area (Å²) in [5, 5.41) is 2.34. The molecule has 0 bridgehead atoms. The van der Waals surface area contributed by atoms with Crippen LogP contribution in [0, 0.1) is 13.8 Å². The number of amides is 4. The van der Waals surface area contributed by atoms with Gasteiger partial charge in [0, 0.05) is 35.5 Å². The fourth-order valence-corrected chi connectivity index (χ4v) is 4.32. The molecule has 1 N–H and O–H groups in total. The second-order valence-corrected chi connectivity index (χ2v) is 7.65. The Balaban J connectivity index is 1.71. The topological polar surface area (TPSA) is 84.3 Å². The largest absolute Gasteiger partial charge is 0.331 e. The van der Waals surface area contributed by atoms with Crippen molar-refractivity contribution in [2.45, 2.75) is 52.0 Å². The minimum absolute atomic E-state index is 0.00477. The van der Waals surface area contributed by atoms with Gasteiger partial charge >= 0.3 is 6.03 Å². The number of urea groups is 1. The molecule has 4 amide bonds. The number of hydrogen-bond acceptors (Lipinski definition) is 4. The quantitative estimate of drug-likeness (QED) is 0.642. The van der Waals surface area contributed by atoms with Gasteiger partial charge in [-0.2, -0.15) is 0 Å². The van der Waals surface area contributed by atoms with Crippen molar-refractivity contribution in [2.75, 3.05) is 0 Å². The van der Waals surface area contributed by atoms with Crippen molar-refractivity contribution in [1.29, 1.82) is 0 Å². The van der Waals surface area contributed by atoms with Crippen LogP contribution in [0.1, 0.15) is 49.1 Å². The number of nitrogens with zero attached hydrogens (tertiary/aromatic N) is 3. The lowest BCUT2D eigenvalue weighted by Gasteiger charge is -2.35. The Kier molecular flexibility index (Phi) is 5.05. The second-order valence-electron chi connectivity index (χ2n) is 7.65. The van der Waals surface area contributed by atoms with E-state index in [0.29, 0.717) is 0 Å². The molecular formula is C22H24N4O3. The first-order valence-corrected chi connectivity index (χ1v) is 9.97. The van der Waals surface area contributed by atoms with Crippen LogP contribution in [0.3, 0.4) is 0 Å². The molecule has 150 valence electrons. The van der Waals surface area contributed by atoms with E-state index >= 15 is 0 Å². The normalized spacial score (nSPS) is 19.7. The number of pyridine rings is 1. The summed E-state index contributed by atoms with van der Waals surface area (Å²) in [4.78, 5) is 43.2. The van der Waals surface area contributed by atoms with Crippen LogP contribution in [-0.2, 0) is 9.59 Å². The van der Waals surface area contributed by atoms with E-state index in [4.69, 9.17) is 0 Å². The van der Waals surface area contributed by atoms with Gasteiger partial charge in [-0.15, -0.1) is 0 Å². The molecule has 4 rings (SSSR count). The Morgan fingerprint density at radius 3 is 2.45 bits per heavy atom. The van der Waals surface area contributed by atoms with Gasteiger partial charge in [0.05, 0.1) is 0 Å². The van der Waals surface area contributed by atoms with Crippen LogP contribution in [0.2, 0.25) is 0 Å². The molecule has 7 heteroatoms. The lowest BCUT2D eigenvalue weighted by Crippen LogP contribution is -2.58. The van der Waals surface area contributed by atoms with E-state index in [0.717, 1.165) is 54.7 Å². The zero-order valence-corrected chi connectivity index (χ0v) is 16.6. The van der Waals surface area contributed by atoms with Crippen molar-refractivity contribution in [2.24, 2.45) is 0 Å². The van der Waals surface area contributed by atoms with Crippen molar-refractivity contribution >= 4 is 23.9 Å². The van der Waals surface area contributed by atoms with E-state index in [2.05, 4.69) is 10.3 Å². The maximum Gasteiger partial charge on any atom is 0.331 e. The standard InChI is InChI=1S/C22H24N4O3/c1-14-12-16(15(2)25(14)18-8-10-23-11-9-18)13-19-20(27)24-22(29)26(21(19)28)17-6-4-3-5-7-17/h8-13,17H,3-7H2,1-2H3,(H,24,27,29). The van der Waals surface area contributed by atoms with E-state index in [1.165, 1.54) is 4.90 Å². The summed E-state index contributed by atoms with van der Waals surface area (Å²) in [6.45, 7) is 3.91. The first kappa shape index (κ1) is 19.1. The van der Waals surface area contributed by atoms with Gasteiger partial charge in [0.1, 0.15) is 5.57 Å². The van der Waals surface area contributed by atoms with Gasteiger partial charge in [0.2, 0.25) is 0 Å². The van der Waals surface area contributed by atoms with Crippen LogP contribution in [0.5, 0.6) is 0 Å². The van der Waals surface area contributed by atoms with Crippen LogP contribution in [0.25, 0.3) is 11.8 Å². The molecule has 2 aromatic rings. The third-order valence-corrected chi connectivity index (χ3v) is 5.76. The predicted octanol–water partition coefficient (Wildman–Crippen LogP) is 3.28. The first-order valence-electron chi connectivity index (χ1n) is 9.97. The highest BCUT2D eigenvalue weighted by Gasteiger charge is 2.40. The SMILES string of the molecule is Cc1cc(C=C2C(=O)NC(=O)N(C3CCCCC3)C2=O)c(C)n1-c1ccncc1. The van der Waals surface area contributed by atoms with Crippen LogP contribution in [0.4, 0.5) is 4.79 Å². The van der Waals surface area contributed by atoms with Gasteiger partial charge in [-0.05, 0) is 56.5 Å². The van der Waals surface area contributed by atoms with Crippen molar-refractivity contribution in [3.63, 3.8) is 0 Å². The summed E-state index contributed by atoms with van der Waals surface area (Å²) in [7, 11) is 0. The zero-order valence-electron chi connectivity index (χ0n) is 16.6. The molecule has 0 spiro atoms. The highest BCUT2D eigenvalue weighted by Crippen LogP contribution is 2.28. The van der Waals surface area contributed by atoms with Crippen molar-refractivity contribution < 1.29 is 14.4 Å². The fourth-order valence-electron chi connectivity index (χ4n) is 4.32. The van der Waals surface area contributed by atoms with Gasteiger partial charge in [-0.3, -0.25) is 24.8 Å². The Hall–Kier alpha value is -3.22. The molecule has 0 aromatic carbocycles. The summed E-state index contributed by atoms with van der Waals surface area (Å²) < 4.78 is 2.04. The molecule has 0 unspecified atom stereocenters. The average molecular weight is 392 g/mol. The number of imide groups is 2. The molecular weight excluding hydrogens is 368 g/mol.